The summed E-state index contributed by atoms with van der Waals surface area (Å²) in [5.41, 5.74) is 2.28. The monoisotopic (exact) mass is 410 g/mol. The Kier molecular flexibility index (Phi) is 6.06. The maximum Gasteiger partial charge on any atom is 0.226 e. The van der Waals surface area contributed by atoms with Crippen LogP contribution in [0.5, 0.6) is 5.75 Å². The molecule has 2 aromatic rings. The number of amides is 2. The van der Waals surface area contributed by atoms with Crippen LogP contribution in [-0.4, -0.2) is 64.7 Å². The normalized spacial score (nSPS) is 21.3. The van der Waals surface area contributed by atoms with Gasteiger partial charge in [0.15, 0.2) is 0 Å². The van der Waals surface area contributed by atoms with Crippen molar-refractivity contribution in [1.29, 1.82) is 0 Å². The van der Waals surface area contributed by atoms with E-state index in [4.69, 9.17) is 4.74 Å². The van der Waals surface area contributed by atoms with Crippen molar-refractivity contribution in [3.05, 3.63) is 47.8 Å². The summed E-state index contributed by atoms with van der Waals surface area (Å²) in [5.74, 6) is 1.60. The quantitative estimate of drug-likeness (QED) is 0.732. The lowest BCUT2D eigenvalue weighted by molar-refractivity contribution is -0.134. The second-order valence-electron chi connectivity index (χ2n) is 8.30. The molecule has 1 saturated carbocycles. The van der Waals surface area contributed by atoms with Crippen LogP contribution in [0.15, 0.2) is 36.7 Å². The molecule has 160 valence electrons. The molecule has 2 atom stereocenters. The highest BCUT2D eigenvalue weighted by atomic mass is 16.5. The summed E-state index contributed by atoms with van der Waals surface area (Å²) >= 11 is 0. The Balaban J connectivity index is 1.25. The minimum Gasteiger partial charge on any atom is -0.497 e. The molecule has 0 N–H and O–H groups in total. The molecular formula is C23H30N4O3. The first kappa shape index (κ1) is 20.4. The minimum atomic E-state index is 0.0755. The average Bonchev–Trinajstić information content (AvgIpc) is 3.51. The zero-order valence-electron chi connectivity index (χ0n) is 17.8. The second kappa shape index (κ2) is 8.90. The minimum absolute atomic E-state index is 0.0755. The van der Waals surface area contributed by atoms with Crippen LogP contribution in [0.2, 0.25) is 0 Å². The Morgan fingerprint density at radius 2 is 1.83 bits per heavy atom. The Labute approximate surface area is 177 Å². The standard InChI is InChI=1S/C23H30N4O3/c1-25-16-18(15-24-25)20-14-21(20)23(29)27-11-3-10-26(12-13-27)22(28)9-6-17-4-7-19(30-2)8-5-17/h4-5,7-8,15-16,20-21H,3,6,9-14H2,1-2H3. The van der Waals surface area contributed by atoms with Gasteiger partial charge in [-0.3, -0.25) is 14.3 Å². The predicted octanol–water partition coefficient (Wildman–Crippen LogP) is 2.23. The number of aryl methyl sites for hydroxylation is 2. The molecule has 0 spiro atoms. The van der Waals surface area contributed by atoms with E-state index in [0.29, 0.717) is 25.4 Å². The Bertz CT molecular complexity index is 892. The molecule has 0 radical (unpaired) electrons. The third-order valence-electron chi connectivity index (χ3n) is 6.21. The number of nitrogens with zero attached hydrogens (tertiary/aromatic N) is 4. The van der Waals surface area contributed by atoms with Crippen molar-refractivity contribution in [3.63, 3.8) is 0 Å². The van der Waals surface area contributed by atoms with E-state index in [9.17, 15) is 9.59 Å². The fourth-order valence-electron chi connectivity index (χ4n) is 4.29. The van der Waals surface area contributed by atoms with Crippen LogP contribution in [0, 0.1) is 5.92 Å². The third-order valence-corrected chi connectivity index (χ3v) is 6.21. The Hall–Kier alpha value is -2.83. The van der Waals surface area contributed by atoms with Gasteiger partial charge in [0.2, 0.25) is 11.8 Å². The van der Waals surface area contributed by atoms with Crippen LogP contribution in [0.3, 0.4) is 0 Å². The van der Waals surface area contributed by atoms with E-state index < -0.39 is 0 Å². The highest BCUT2D eigenvalue weighted by Crippen LogP contribution is 2.48. The smallest absolute Gasteiger partial charge is 0.226 e. The van der Waals surface area contributed by atoms with Crippen molar-refractivity contribution in [2.24, 2.45) is 13.0 Å². The predicted molar refractivity (Wildman–Crippen MR) is 113 cm³/mol. The van der Waals surface area contributed by atoms with Crippen molar-refractivity contribution in [2.75, 3.05) is 33.3 Å². The molecule has 2 amide bonds. The molecule has 30 heavy (non-hydrogen) atoms. The first-order valence-electron chi connectivity index (χ1n) is 10.7. The number of hydrogen-bond acceptors (Lipinski definition) is 4. The second-order valence-corrected chi connectivity index (χ2v) is 8.30. The van der Waals surface area contributed by atoms with Crippen molar-refractivity contribution in [1.82, 2.24) is 19.6 Å². The number of aromatic nitrogens is 2. The molecule has 1 aliphatic heterocycles. The topological polar surface area (TPSA) is 67.7 Å². The SMILES string of the molecule is COc1ccc(CCC(=O)N2CCCN(C(=O)C3CC3c3cnn(C)c3)CC2)cc1. The molecule has 1 saturated heterocycles. The summed E-state index contributed by atoms with van der Waals surface area (Å²) in [6.07, 6.45) is 6.83. The summed E-state index contributed by atoms with van der Waals surface area (Å²) in [4.78, 5) is 29.5. The van der Waals surface area contributed by atoms with E-state index >= 15 is 0 Å². The van der Waals surface area contributed by atoms with E-state index in [-0.39, 0.29) is 17.7 Å². The average molecular weight is 411 g/mol. The molecule has 2 heterocycles. The number of rotatable bonds is 6. The van der Waals surface area contributed by atoms with Crippen molar-refractivity contribution in [3.8, 4) is 5.75 Å². The maximum atomic E-state index is 12.9. The molecule has 0 bridgehead atoms. The van der Waals surface area contributed by atoms with Gasteiger partial charge in [-0.1, -0.05) is 12.1 Å². The van der Waals surface area contributed by atoms with Crippen molar-refractivity contribution < 1.29 is 14.3 Å². The fourth-order valence-corrected chi connectivity index (χ4v) is 4.29. The van der Waals surface area contributed by atoms with E-state index in [1.54, 1.807) is 11.8 Å². The van der Waals surface area contributed by atoms with Gasteiger partial charge < -0.3 is 14.5 Å². The van der Waals surface area contributed by atoms with E-state index in [0.717, 1.165) is 49.2 Å². The van der Waals surface area contributed by atoms with Gasteiger partial charge in [-0.2, -0.15) is 5.10 Å². The van der Waals surface area contributed by atoms with Crippen LogP contribution in [0.25, 0.3) is 0 Å². The first-order chi connectivity index (χ1) is 14.5. The van der Waals surface area contributed by atoms with E-state index in [2.05, 4.69) is 5.10 Å². The molecule has 1 aromatic carbocycles. The van der Waals surface area contributed by atoms with E-state index in [1.807, 2.05) is 53.5 Å². The summed E-state index contributed by atoms with van der Waals surface area (Å²) in [6.45, 7) is 2.71. The summed E-state index contributed by atoms with van der Waals surface area (Å²) < 4.78 is 6.96. The van der Waals surface area contributed by atoms with Gasteiger partial charge in [-0.25, -0.2) is 0 Å². The highest BCUT2D eigenvalue weighted by Gasteiger charge is 2.46. The fraction of sp³-hybridized carbons (Fsp3) is 0.522. The van der Waals surface area contributed by atoms with Gasteiger partial charge in [-0.05, 0) is 48.4 Å². The van der Waals surface area contributed by atoms with Crippen LogP contribution in [-0.2, 0) is 23.1 Å². The first-order valence-corrected chi connectivity index (χ1v) is 10.7. The van der Waals surface area contributed by atoms with Gasteiger partial charge in [0.25, 0.3) is 0 Å². The number of benzene rings is 1. The van der Waals surface area contributed by atoms with Crippen LogP contribution in [0.1, 0.15) is 36.3 Å². The molecule has 1 aliphatic carbocycles. The summed E-state index contributed by atoms with van der Waals surface area (Å²) in [7, 11) is 3.55. The molecule has 2 fully saturated rings. The number of carbonyl (C=O) groups excluding carboxylic acids is 2. The molecule has 2 unspecified atom stereocenters. The highest BCUT2D eigenvalue weighted by molar-refractivity contribution is 5.83. The van der Waals surface area contributed by atoms with Gasteiger partial charge >= 0.3 is 0 Å². The zero-order chi connectivity index (χ0) is 21.1. The van der Waals surface area contributed by atoms with Gasteiger partial charge in [0.05, 0.1) is 13.3 Å². The lowest BCUT2D eigenvalue weighted by Gasteiger charge is -2.22. The molecule has 4 rings (SSSR count). The molecule has 7 heteroatoms. The Morgan fingerprint density at radius 3 is 2.53 bits per heavy atom. The molecule has 7 nitrogen and oxygen atoms in total. The van der Waals surface area contributed by atoms with Crippen molar-refractivity contribution >= 4 is 11.8 Å². The van der Waals surface area contributed by atoms with Gasteiger partial charge in [0, 0.05) is 51.8 Å². The lowest BCUT2D eigenvalue weighted by Crippen LogP contribution is -2.38. The molecule has 1 aromatic heterocycles. The number of carbonyl (C=O) groups is 2. The van der Waals surface area contributed by atoms with Crippen LogP contribution in [0.4, 0.5) is 0 Å². The Morgan fingerprint density at radius 1 is 1.10 bits per heavy atom. The third kappa shape index (κ3) is 4.66. The molecular weight excluding hydrogens is 380 g/mol. The number of hydrogen-bond donors (Lipinski definition) is 0. The summed E-state index contributed by atoms with van der Waals surface area (Å²) in [5, 5.41) is 4.22. The van der Waals surface area contributed by atoms with Gasteiger partial charge in [-0.15, -0.1) is 0 Å². The zero-order valence-corrected chi connectivity index (χ0v) is 17.8. The number of methoxy groups -OCH3 is 1. The lowest BCUT2D eigenvalue weighted by atomic mass is 10.1. The van der Waals surface area contributed by atoms with Crippen molar-refractivity contribution in [2.45, 2.75) is 31.6 Å². The molecule has 2 aliphatic rings. The summed E-state index contributed by atoms with van der Waals surface area (Å²) in [6, 6.07) is 7.85. The van der Waals surface area contributed by atoms with Crippen LogP contribution >= 0.6 is 0 Å². The van der Waals surface area contributed by atoms with Gasteiger partial charge in [0.1, 0.15) is 5.75 Å². The number of ether oxygens (including phenoxy) is 1. The maximum absolute atomic E-state index is 12.9. The largest absolute Gasteiger partial charge is 0.497 e. The van der Waals surface area contributed by atoms with E-state index in [1.165, 1.54) is 0 Å². The van der Waals surface area contributed by atoms with Crippen LogP contribution < -0.4 is 4.74 Å².